The minimum Gasteiger partial charge on any atom is -0.354 e. The number of rotatable bonds is 0. The van der Waals surface area contributed by atoms with Crippen molar-refractivity contribution in [2.75, 3.05) is 0 Å². The van der Waals surface area contributed by atoms with E-state index in [1.54, 1.807) is 6.20 Å². The molecule has 2 aromatic rings. The summed E-state index contributed by atoms with van der Waals surface area (Å²) in [7, 11) is 1.97. The molecular formula is C7H7N3. The van der Waals surface area contributed by atoms with E-state index in [0.717, 1.165) is 10.9 Å². The van der Waals surface area contributed by atoms with Gasteiger partial charge >= 0.3 is 0 Å². The summed E-state index contributed by atoms with van der Waals surface area (Å²) in [6, 6.07) is 1.95. The van der Waals surface area contributed by atoms with Crippen LogP contribution in [0.15, 0.2) is 24.7 Å². The molecule has 0 fully saturated rings. The van der Waals surface area contributed by atoms with E-state index in [4.69, 9.17) is 0 Å². The summed E-state index contributed by atoms with van der Waals surface area (Å²) in [6.07, 6.45) is 5.66. The highest BCUT2D eigenvalue weighted by Crippen LogP contribution is 2.08. The van der Waals surface area contributed by atoms with Gasteiger partial charge in [-0.05, 0) is 6.07 Å². The van der Waals surface area contributed by atoms with Crippen molar-refractivity contribution in [1.82, 2.24) is 14.8 Å². The van der Waals surface area contributed by atoms with Crippen LogP contribution in [0.5, 0.6) is 0 Å². The van der Waals surface area contributed by atoms with Crippen LogP contribution in [0.2, 0.25) is 0 Å². The zero-order valence-electron chi connectivity index (χ0n) is 5.65. The average molecular weight is 133 g/mol. The summed E-state index contributed by atoms with van der Waals surface area (Å²) in [5, 5.41) is 8.83. The van der Waals surface area contributed by atoms with Crippen LogP contribution in [0.3, 0.4) is 0 Å². The molecule has 10 heavy (non-hydrogen) atoms. The SMILES string of the molecule is Cn1cc2ccnnc2c1. The lowest BCUT2D eigenvalue weighted by Crippen LogP contribution is -1.77. The minimum absolute atomic E-state index is 0.949. The monoisotopic (exact) mass is 133 g/mol. The highest BCUT2D eigenvalue weighted by molar-refractivity contribution is 5.76. The summed E-state index contributed by atoms with van der Waals surface area (Å²) in [6.45, 7) is 0. The lowest BCUT2D eigenvalue weighted by Gasteiger charge is -1.80. The Morgan fingerprint density at radius 2 is 2.30 bits per heavy atom. The second-order valence-corrected chi connectivity index (χ2v) is 2.30. The standard InChI is InChI=1S/C7H7N3/c1-10-4-6-2-3-8-9-7(6)5-10/h2-5H,1H3. The van der Waals surface area contributed by atoms with Gasteiger partial charge in [0, 0.05) is 24.8 Å². The van der Waals surface area contributed by atoms with Gasteiger partial charge in [-0.25, -0.2) is 0 Å². The Morgan fingerprint density at radius 3 is 3.10 bits per heavy atom. The van der Waals surface area contributed by atoms with Crippen molar-refractivity contribution in [3.63, 3.8) is 0 Å². The van der Waals surface area contributed by atoms with Gasteiger partial charge in [-0.15, -0.1) is 5.10 Å². The molecule has 2 rings (SSSR count). The van der Waals surface area contributed by atoms with Crippen molar-refractivity contribution in [1.29, 1.82) is 0 Å². The molecule has 3 nitrogen and oxygen atoms in total. The first-order valence-electron chi connectivity index (χ1n) is 3.09. The highest BCUT2D eigenvalue weighted by atomic mass is 15.1. The lowest BCUT2D eigenvalue weighted by molar-refractivity contribution is 0.930. The van der Waals surface area contributed by atoms with Gasteiger partial charge in [0.05, 0.1) is 6.20 Å². The number of aryl methyl sites for hydroxylation is 1. The summed E-state index contributed by atoms with van der Waals surface area (Å²) >= 11 is 0. The van der Waals surface area contributed by atoms with Gasteiger partial charge in [-0.1, -0.05) is 0 Å². The summed E-state index contributed by atoms with van der Waals surface area (Å²) in [5.74, 6) is 0. The van der Waals surface area contributed by atoms with E-state index in [1.807, 2.05) is 30.1 Å². The van der Waals surface area contributed by atoms with E-state index in [9.17, 15) is 0 Å². The predicted molar refractivity (Wildman–Crippen MR) is 38.5 cm³/mol. The Morgan fingerprint density at radius 1 is 1.40 bits per heavy atom. The molecule has 0 aliphatic rings. The van der Waals surface area contributed by atoms with E-state index in [1.165, 1.54) is 0 Å². The van der Waals surface area contributed by atoms with Crippen LogP contribution in [0.25, 0.3) is 10.9 Å². The molecule has 3 heteroatoms. The largest absolute Gasteiger partial charge is 0.354 e. The van der Waals surface area contributed by atoms with Crippen LogP contribution in [0.1, 0.15) is 0 Å². The first-order valence-corrected chi connectivity index (χ1v) is 3.09. The summed E-state index contributed by atoms with van der Waals surface area (Å²) in [5.41, 5.74) is 0.949. The molecule has 0 unspecified atom stereocenters. The van der Waals surface area contributed by atoms with Gasteiger partial charge in [0.15, 0.2) is 0 Å². The van der Waals surface area contributed by atoms with Crippen molar-refractivity contribution in [2.24, 2.45) is 7.05 Å². The first kappa shape index (κ1) is 5.41. The molecule has 0 radical (unpaired) electrons. The normalized spacial score (nSPS) is 10.5. The van der Waals surface area contributed by atoms with E-state index >= 15 is 0 Å². The van der Waals surface area contributed by atoms with Gasteiger partial charge in [0.25, 0.3) is 0 Å². The number of nitrogens with zero attached hydrogens (tertiary/aromatic N) is 3. The van der Waals surface area contributed by atoms with Crippen molar-refractivity contribution < 1.29 is 0 Å². The van der Waals surface area contributed by atoms with Crippen LogP contribution < -0.4 is 0 Å². The molecule has 0 spiro atoms. The molecule has 50 valence electrons. The van der Waals surface area contributed by atoms with E-state index in [0.29, 0.717) is 0 Å². The molecule has 0 atom stereocenters. The number of hydrogen-bond donors (Lipinski definition) is 0. The van der Waals surface area contributed by atoms with Gasteiger partial charge < -0.3 is 4.57 Å². The van der Waals surface area contributed by atoms with Crippen molar-refractivity contribution in [3.05, 3.63) is 24.7 Å². The topological polar surface area (TPSA) is 30.7 Å². The smallest absolute Gasteiger partial charge is 0.111 e. The molecule has 0 aliphatic heterocycles. The first-order chi connectivity index (χ1) is 4.86. The van der Waals surface area contributed by atoms with Crippen molar-refractivity contribution >= 4 is 10.9 Å². The zero-order chi connectivity index (χ0) is 6.97. The summed E-state index contributed by atoms with van der Waals surface area (Å²) < 4.78 is 1.97. The number of fused-ring (bicyclic) bond motifs is 1. The number of hydrogen-bond acceptors (Lipinski definition) is 2. The minimum atomic E-state index is 0.949. The van der Waals surface area contributed by atoms with Crippen LogP contribution in [-0.4, -0.2) is 14.8 Å². The molecule has 0 saturated carbocycles. The third-order valence-electron chi connectivity index (χ3n) is 1.45. The second-order valence-electron chi connectivity index (χ2n) is 2.30. The molecule has 0 N–H and O–H groups in total. The zero-order valence-corrected chi connectivity index (χ0v) is 5.65. The van der Waals surface area contributed by atoms with E-state index in [-0.39, 0.29) is 0 Å². The van der Waals surface area contributed by atoms with E-state index < -0.39 is 0 Å². The Bertz CT molecular complexity index is 317. The third-order valence-corrected chi connectivity index (χ3v) is 1.45. The van der Waals surface area contributed by atoms with Gasteiger partial charge in [0.1, 0.15) is 5.52 Å². The molecule has 0 aromatic carbocycles. The van der Waals surface area contributed by atoms with Gasteiger partial charge in [-0.2, -0.15) is 5.10 Å². The van der Waals surface area contributed by atoms with Crippen LogP contribution in [-0.2, 0) is 7.05 Å². The Labute approximate surface area is 58.3 Å². The Kier molecular flexibility index (Phi) is 0.974. The molecule has 0 bridgehead atoms. The maximum Gasteiger partial charge on any atom is 0.111 e. The van der Waals surface area contributed by atoms with Gasteiger partial charge in [0.2, 0.25) is 0 Å². The predicted octanol–water partition coefficient (Wildman–Crippen LogP) is 0.968. The third kappa shape index (κ3) is 0.673. The molecule has 2 heterocycles. The van der Waals surface area contributed by atoms with Crippen LogP contribution >= 0.6 is 0 Å². The summed E-state index contributed by atoms with van der Waals surface area (Å²) in [4.78, 5) is 0. The molecular weight excluding hydrogens is 126 g/mol. The molecule has 0 aliphatic carbocycles. The molecule has 2 aromatic heterocycles. The fourth-order valence-corrected chi connectivity index (χ4v) is 1.01. The highest BCUT2D eigenvalue weighted by Gasteiger charge is 1.93. The quantitative estimate of drug-likeness (QED) is 0.536. The van der Waals surface area contributed by atoms with Crippen molar-refractivity contribution in [3.8, 4) is 0 Å². The van der Waals surface area contributed by atoms with Gasteiger partial charge in [-0.3, -0.25) is 0 Å². The fourth-order valence-electron chi connectivity index (χ4n) is 1.01. The van der Waals surface area contributed by atoms with Crippen LogP contribution in [0.4, 0.5) is 0 Å². The Balaban J connectivity index is 2.88. The molecule has 0 saturated heterocycles. The second kappa shape index (κ2) is 1.80. The maximum atomic E-state index is 3.93. The van der Waals surface area contributed by atoms with Crippen molar-refractivity contribution in [2.45, 2.75) is 0 Å². The Hall–Kier alpha value is -1.38. The van der Waals surface area contributed by atoms with E-state index in [2.05, 4.69) is 10.2 Å². The lowest BCUT2D eigenvalue weighted by atomic mass is 10.4. The fraction of sp³-hybridized carbons (Fsp3) is 0.143. The maximum absolute atomic E-state index is 3.93. The number of aromatic nitrogens is 3. The van der Waals surface area contributed by atoms with Crippen LogP contribution in [0, 0.1) is 0 Å². The molecule has 0 amide bonds. The average Bonchev–Trinajstić information content (AvgIpc) is 2.27.